The van der Waals surface area contributed by atoms with E-state index in [1.807, 2.05) is 23.3 Å². The summed E-state index contributed by atoms with van der Waals surface area (Å²) in [4.78, 5) is 15.3. The molecular formula is C13H18N2O3S. The van der Waals surface area contributed by atoms with E-state index in [0.717, 1.165) is 4.88 Å². The van der Waals surface area contributed by atoms with E-state index in [9.17, 15) is 4.79 Å². The highest BCUT2D eigenvalue weighted by Crippen LogP contribution is 2.29. The smallest absolute Gasteiger partial charge is 0.241 e. The second-order valence-electron chi connectivity index (χ2n) is 4.86. The maximum atomic E-state index is 12.3. The first-order chi connectivity index (χ1) is 9.25. The molecule has 1 aromatic heterocycles. The summed E-state index contributed by atoms with van der Waals surface area (Å²) in [5, 5.41) is 5.37. The molecule has 1 aromatic rings. The van der Waals surface area contributed by atoms with Gasteiger partial charge in [-0.15, -0.1) is 11.3 Å². The molecule has 2 aliphatic rings. The molecule has 1 amide bonds. The molecule has 0 bridgehead atoms. The molecule has 3 unspecified atom stereocenters. The quantitative estimate of drug-likeness (QED) is 0.898. The zero-order chi connectivity index (χ0) is 13.2. The molecule has 3 rings (SSSR count). The highest BCUT2D eigenvalue weighted by molar-refractivity contribution is 7.10. The summed E-state index contributed by atoms with van der Waals surface area (Å²) in [5.74, 6) is 0.132. The summed E-state index contributed by atoms with van der Waals surface area (Å²) < 4.78 is 11.0. The van der Waals surface area contributed by atoms with Gasteiger partial charge >= 0.3 is 0 Å². The Morgan fingerprint density at radius 2 is 2.42 bits per heavy atom. The Balaban J connectivity index is 1.73. The third-order valence-corrected chi connectivity index (χ3v) is 4.40. The van der Waals surface area contributed by atoms with Gasteiger partial charge in [0.05, 0.1) is 38.5 Å². The normalized spacial score (nSPS) is 31.9. The van der Waals surface area contributed by atoms with Gasteiger partial charge in [0, 0.05) is 4.88 Å². The summed E-state index contributed by atoms with van der Waals surface area (Å²) in [5.41, 5.74) is 0. The molecule has 0 aliphatic carbocycles. The van der Waals surface area contributed by atoms with E-state index in [-0.39, 0.29) is 24.2 Å². The van der Waals surface area contributed by atoms with Gasteiger partial charge in [-0.1, -0.05) is 6.07 Å². The first-order valence-corrected chi connectivity index (χ1v) is 7.43. The van der Waals surface area contributed by atoms with Gasteiger partial charge in [-0.25, -0.2) is 0 Å². The van der Waals surface area contributed by atoms with Gasteiger partial charge in [-0.3, -0.25) is 10.1 Å². The largest absolute Gasteiger partial charge is 0.376 e. The van der Waals surface area contributed by atoms with Crippen molar-refractivity contribution < 1.29 is 14.3 Å². The van der Waals surface area contributed by atoms with Crippen LogP contribution in [-0.4, -0.2) is 49.3 Å². The van der Waals surface area contributed by atoms with E-state index in [4.69, 9.17) is 9.47 Å². The number of rotatable bonds is 3. The first-order valence-electron chi connectivity index (χ1n) is 6.55. The van der Waals surface area contributed by atoms with E-state index < -0.39 is 0 Å². The number of carbonyl (C=O) groups excluding carboxylic acids is 1. The molecule has 0 radical (unpaired) electrons. The lowest BCUT2D eigenvalue weighted by atomic mass is 10.2. The zero-order valence-electron chi connectivity index (χ0n) is 10.9. The fraction of sp³-hybridized carbons (Fsp3) is 0.615. The van der Waals surface area contributed by atoms with Crippen LogP contribution in [0.4, 0.5) is 0 Å². The standard InChI is InChI=1S/C13H18N2O3S/c1-9-13(16)15(7-10-8-17-4-5-18-10)12(14-9)11-3-2-6-19-11/h2-3,6,9-10,12,14H,4-5,7-8H2,1H3. The van der Waals surface area contributed by atoms with Gasteiger partial charge in [0.1, 0.15) is 6.17 Å². The number of nitrogens with one attached hydrogen (secondary N) is 1. The SMILES string of the molecule is CC1NC(c2cccs2)N(CC2COCCO2)C1=O. The van der Waals surface area contributed by atoms with Crippen molar-refractivity contribution in [2.75, 3.05) is 26.4 Å². The molecule has 2 aliphatic heterocycles. The second kappa shape index (κ2) is 5.58. The van der Waals surface area contributed by atoms with Gasteiger partial charge in [0.2, 0.25) is 5.91 Å². The molecule has 3 atom stereocenters. The molecule has 19 heavy (non-hydrogen) atoms. The number of nitrogens with zero attached hydrogens (tertiary/aromatic N) is 1. The lowest BCUT2D eigenvalue weighted by molar-refractivity contribution is -0.137. The third-order valence-electron chi connectivity index (χ3n) is 3.47. The molecular weight excluding hydrogens is 264 g/mol. The predicted molar refractivity (Wildman–Crippen MR) is 71.9 cm³/mol. The number of carbonyl (C=O) groups is 1. The van der Waals surface area contributed by atoms with Crippen molar-refractivity contribution in [2.45, 2.75) is 25.2 Å². The Kier molecular flexibility index (Phi) is 3.83. The Bertz CT molecular complexity index is 431. The van der Waals surface area contributed by atoms with E-state index in [1.54, 1.807) is 11.3 Å². The topological polar surface area (TPSA) is 50.8 Å². The van der Waals surface area contributed by atoms with Crippen molar-refractivity contribution in [2.24, 2.45) is 0 Å². The summed E-state index contributed by atoms with van der Waals surface area (Å²) in [6.07, 6.45) is -0.0553. The van der Waals surface area contributed by atoms with Crippen LogP contribution in [0.25, 0.3) is 0 Å². The molecule has 2 saturated heterocycles. The molecule has 0 spiro atoms. The number of amides is 1. The van der Waals surface area contributed by atoms with Gasteiger partial charge < -0.3 is 14.4 Å². The van der Waals surface area contributed by atoms with Gasteiger partial charge in [-0.05, 0) is 18.4 Å². The molecule has 104 valence electrons. The van der Waals surface area contributed by atoms with Crippen molar-refractivity contribution in [1.82, 2.24) is 10.2 Å². The highest BCUT2D eigenvalue weighted by Gasteiger charge is 2.39. The molecule has 0 saturated carbocycles. The third kappa shape index (κ3) is 2.67. The lowest BCUT2D eigenvalue weighted by Gasteiger charge is -2.30. The van der Waals surface area contributed by atoms with Crippen LogP contribution in [0.1, 0.15) is 18.0 Å². The summed E-state index contributed by atoms with van der Waals surface area (Å²) >= 11 is 1.66. The average Bonchev–Trinajstić information content (AvgIpc) is 3.04. The predicted octanol–water partition coefficient (Wildman–Crippen LogP) is 0.982. The number of thiophene rings is 1. The van der Waals surface area contributed by atoms with Crippen LogP contribution in [0.3, 0.4) is 0 Å². The van der Waals surface area contributed by atoms with Crippen LogP contribution < -0.4 is 5.32 Å². The van der Waals surface area contributed by atoms with Crippen LogP contribution in [0.2, 0.25) is 0 Å². The summed E-state index contributed by atoms with van der Waals surface area (Å²) in [7, 11) is 0. The Morgan fingerprint density at radius 1 is 1.53 bits per heavy atom. The average molecular weight is 282 g/mol. The number of ether oxygens (including phenoxy) is 2. The highest BCUT2D eigenvalue weighted by atomic mass is 32.1. The molecule has 5 nitrogen and oxygen atoms in total. The number of hydrogen-bond acceptors (Lipinski definition) is 5. The van der Waals surface area contributed by atoms with E-state index in [2.05, 4.69) is 11.4 Å². The Hall–Kier alpha value is -0.950. The Labute approximate surface area is 116 Å². The Morgan fingerprint density at radius 3 is 3.11 bits per heavy atom. The fourth-order valence-electron chi connectivity index (χ4n) is 2.51. The van der Waals surface area contributed by atoms with Crippen molar-refractivity contribution in [3.8, 4) is 0 Å². The zero-order valence-corrected chi connectivity index (χ0v) is 11.7. The second-order valence-corrected chi connectivity index (χ2v) is 5.84. The minimum atomic E-state index is -0.142. The van der Waals surface area contributed by atoms with Crippen molar-refractivity contribution in [3.63, 3.8) is 0 Å². The maximum absolute atomic E-state index is 12.3. The lowest BCUT2D eigenvalue weighted by Crippen LogP contribution is -2.42. The summed E-state index contributed by atoms with van der Waals surface area (Å²) in [6.45, 7) is 4.31. The van der Waals surface area contributed by atoms with Gasteiger partial charge in [0.25, 0.3) is 0 Å². The molecule has 0 aromatic carbocycles. The van der Waals surface area contributed by atoms with Gasteiger partial charge in [-0.2, -0.15) is 0 Å². The van der Waals surface area contributed by atoms with Crippen molar-refractivity contribution in [1.29, 1.82) is 0 Å². The van der Waals surface area contributed by atoms with Crippen LogP contribution in [0.5, 0.6) is 0 Å². The first kappa shape index (κ1) is 13.1. The van der Waals surface area contributed by atoms with Crippen molar-refractivity contribution in [3.05, 3.63) is 22.4 Å². The van der Waals surface area contributed by atoms with E-state index in [0.29, 0.717) is 26.4 Å². The van der Waals surface area contributed by atoms with E-state index in [1.165, 1.54) is 0 Å². The molecule has 2 fully saturated rings. The minimum Gasteiger partial charge on any atom is -0.376 e. The van der Waals surface area contributed by atoms with Crippen LogP contribution >= 0.6 is 11.3 Å². The van der Waals surface area contributed by atoms with Crippen LogP contribution in [-0.2, 0) is 14.3 Å². The number of hydrogen-bond donors (Lipinski definition) is 1. The molecule has 1 N–H and O–H groups in total. The van der Waals surface area contributed by atoms with Crippen LogP contribution in [0.15, 0.2) is 17.5 Å². The summed E-state index contributed by atoms with van der Waals surface area (Å²) in [6, 6.07) is 3.92. The van der Waals surface area contributed by atoms with Gasteiger partial charge in [0.15, 0.2) is 0 Å². The molecule has 3 heterocycles. The van der Waals surface area contributed by atoms with E-state index >= 15 is 0 Å². The maximum Gasteiger partial charge on any atom is 0.241 e. The monoisotopic (exact) mass is 282 g/mol. The van der Waals surface area contributed by atoms with Crippen LogP contribution in [0, 0.1) is 0 Å². The molecule has 6 heteroatoms. The minimum absolute atomic E-state index is 0.0211. The fourth-order valence-corrected chi connectivity index (χ4v) is 3.31. The van der Waals surface area contributed by atoms with Crippen molar-refractivity contribution >= 4 is 17.2 Å².